The Labute approximate surface area is 96.4 Å². The summed E-state index contributed by atoms with van der Waals surface area (Å²) in [4.78, 5) is 0. The quantitative estimate of drug-likeness (QED) is 0.818. The van der Waals surface area contributed by atoms with Gasteiger partial charge in [0.1, 0.15) is 5.75 Å². The number of ether oxygens (including phenoxy) is 1. The average molecular weight is 221 g/mol. The number of nitrogens with one attached hydrogen (secondary N) is 1. The van der Waals surface area contributed by atoms with Crippen LogP contribution in [0.5, 0.6) is 5.75 Å². The van der Waals surface area contributed by atoms with E-state index < -0.39 is 0 Å². The van der Waals surface area contributed by atoms with Crippen molar-refractivity contribution in [1.29, 1.82) is 0 Å². The van der Waals surface area contributed by atoms with Crippen LogP contribution in [0.25, 0.3) is 0 Å². The normalized spacial score (nSPS) is 21.8. The molecule has 0 fully saturated rings. The molecule has 1 aliphatic heterocycles. The molecule has 2 atom stereocenters. The van der Waals surface area contributed by atoms with Crippen molar-refractivity contribution < 1.29 is 9.84 Å². The van der Waals surface area contributed by atoms with Crippen LogP contribution in [0.4, 0.5) is 0 Å². The van der Waals surface area contributed by atoms with Crippen LogP contribution >= 0.6 is 0 Å². The fraction of sp³-hybridized carbons (Fsp3) is 0.538. The van der Waals surface area contributed by atoms with Crippen LogP contribution < -0.4 is 10.1 Å². The Morgan fingerprint density at radius 2 is 2.31 bits per heavy atom. The van der Waals surface area contributed by atoms with Crippen LogP contribution in [0, 0.1) is 0 Å². The standard InChI is InChI=1S/C13H19NO2/c1-10(9-15)14-12-6-4-8-16-13-7-3-2-5-11(12)13/h2-3,5,7,10,12,14-15H,4,6,8-9H2,1H3/t10-,12?/m1/s1. The van der Waals surface area contributed by atoms with E-state index in [0.29, 0.717) is 6.04 Å². The van der Waals surface area contributed by atoms with Gasteiger partial charge in [0.25, 0.3) is 0 Å². The Kier molecular flexibility index (Phi) is 3.80. The summed E-state index contributed by atoms with van der Waals surface area (Å²) in [5, 5.41) is 12.5. The highest BCUT2D eigenvalue weighted by molar-refractivity contribution is 5.36. The van der Waals surface area contributed by atoms with Crippen LogP contribution in [-0.4, -0.2) is 24.4 Å². The molecule has 0 amide bonds. The van der Waals surface area contributed by atoms with E-state index in [9.17, 15) is 0 Å². The second-order valence-electron chi connectivity index (χ2n) is 4.33. The van der Waals surface area contributed by atoms with E-state index in [1.165, 1.54) is 5.56 Å². The van der Waals surface area contributed by atoms with Gasteiger partial charge in [0.2, 0.25) is 0 Å². The molecule has 1 aromatic rings. The first-order chi connectivity index (χ1) is 7.81. The van der Waals surface area contributed by atoms with Gasteiger partial charge in [-0.1, -0.05) is 18.2 Å². The molecule has 2 N–H and O–H groups in total. The lowest BCUT2D eigenvalue weighted by Crippen LogP contribution is -2.33. The van der Waals surface area contributed by atoms with Gasteiger partial charge in [-0.2, -0.15) is 0 Å². The third-order valence-corrected chi connectivity index (χ3v) is 2.95. The smallest absolute Gasteiger partial charge is 0.124 e. The third-order valence-electron chi connectivity index (χ3n) is 2.95. The van der Waals surface area contributed by atoms with Crippen LogP contribution in [0.1, 0.15) is 31.4 Å². The second kappa shape index (κ2) is 5.32. The fourth-order valence-corrected chi connectivity index (χ4v) is 2.09. The number of hydrogen-bond acceptors (Lipinski definition) is 3. The van der Waals surface area contributed by atoms with Crippen molar-refractivity contribution in [2.24, 2.45) is 0 Å². The van der Waals surface area contributed by atoms with E-state index in [1.807, 2.05) is 25.1 Å². The van der Waals surface area contributed by atoms with E-state index in [4.69, 9.17) is 9.84 Å². The molecule has 0 spiro atoms. The minimum absolute atomic E-state index is 0.121. The lowest BCUT2D eigenvalue weighted by atomic mass is 10.0. The van der Waals surface area contributed by atoms with E-state index in [1.54, 1.807) is 0 Å². The van der Waals surface area contributed by atoms with Gasteiger partial charge in [-0.25, -0.2) is 0 Å². The molecule has 0 saturated carbocycles. The Morgan fingerprint density at radius 3 is 3.12 bits per heavy atom. The Bertz CT molecular complexity index is 340. The third kappa shape index (κ3) is 2.54. The van der Waals surface area contributed by atoms with Gasteiger partial charge in [0, 0.05) is 17.6 Å². The predicted molar refractivity (Wildman–Crippen MR) is 63.6 cm³/mol. The van der Waals surface area contributed by atoms with Crippen molar-refractivity contribution in [2.75, 3.05) is 13.2 Å². The number of aliphatic hydroxyl groups is 1. The summed E-state index contributed by atoms with van der Waals surface area (Å²) in [6.45, 7) is 2.94. The molecule has 88 valence electrons. The lowest BCUT2D eigenvalue weighted by molar-refractivity contribution is 0.238. The minimum atomic E-state index is 0.121. The molecule has 1 unspecified atom stereocenters. The zero-order valence-electron chi connectivity index (χ0n) is 9.65. The summed E-state index contributed by atoms with van der Waals surface area (Å²) in [7, 11) is 0. The Balaban J connectivity index is 2.19. The van der Waals surface area contributed by atoms with E-state index in [0.717, 1.165) is 25.2 Å². The molecule has 1 heterocycles. The van der Waals surface area contributed by atoms with Crippen LogP contribution in [0.2, 0.25) is 0 Å². The van der Waals surface area contributed by atoms with Gasteiger partial charge in [-0.3, -0.25) is 0 Å². The highest BCUT2D eigenvalue weighted by Gasteiger charge is 2.20. The van der Waals surface area contributed by atoms with Crippen molar-refractivity contribution in [3.05, 3.63) is 29.8 Å². The molecule has 3 heteroatoms. The molecule has 3 nitrogen and oxygen atoms in total. The number of fused-ring (bicyclic) bond motifs is 1. The monoisotopic (exact) mass is 221 g/mol. The van der Waals surface area contributed by atoms with Gasteiger partial charge in [-0.05, 0) is 25.8 Å². The maximum Gasteiger partial charge on any atom is 0.124 e. The largest absolute Gasteiger partial charge is 0.493 e. The van der Waals surface area contributed by atoms with E-state index >= 15 is 0 Å². The first kappa shape index (κ1) is 11.4. The molecule has 1 aliphatic rings. The molecule has 2 rings (SSSR count). The van der Waals surface area contributed by atoms with E-state index in [2.05, 4.69) is 11.4 Å². The van der Waals surface area contributed by atoms with Crippen molar-refractivity contribution in [1.82, 2.24) is 5.32 Å². The van der Waals surface area contributed by atoms with Crippen LogP contribution in [0.3, 0.4) is 0 Å². The highest BCUT2D eigenvalue weighted by Crippen LogP contribution is 2.31. The van der Waals surface area contributed by atoms with Crippen molar-refractivity contribution >= 4 is 0 Å². The number of aliphatic hydroxyl groups excluding tert-OH is 1. The summed E-state index contributed by atoms with van der Waals surface area (Å²) in [5.41, 5.74) is 1.21. The fourth-order valence-electron chi connectivity index (χ4n) is 2.09. The lowest BCUT2D eigenvalue weighted by Gasteiger charge is -2.21. The number of rotatable bonds is 3. The molecular formula is C13H19NO2. The maximum absolute atomic E-state index is 9.09. The second-order valence-corrected chi connectivity index (χ2v) is 4.33. The Morgan fingerprint density at radius 1 is 1.50 bits per heavy atom. The highest BCUT2D eigenvalue weighted by atomic mass is 16.5. The van der Waals surface area contributed by atoms with E-state index in [-0.39, 0.29) is 12.6 Å². The number of para-hydroxylation sites is 1. The molecule has 1 aromatic carbocycles. The zero-order chi connectivity index (χ0) is 11.4. The van der Waals surface area contributed by atoms with Crippen molar-refractivity contribution in [3.63, 3.8) is 0 Å². The first-order valence-electron chi connectivity index (χ1n) is 5.90. The summed E-state index contributed by atoms with van der Waals surface area (Å²) in [5.74, 6) is 0.975. The summed E-state index contributed by atoms with van der Waals surface area (Å²) in [6.07, 6.45) is 2.10. The zero-order valence-corrected chi connectivity index (χ0v) is 9.65. The predicted octanol–water partition coefficient (Wildman–Crippen LogP) is 1.87. The maximum atomic E-state index is 9.09. The summed E-state index contributed by atoms with van der Waals surface area (Å²) >= 11 is 0. The van der Waals surface area contributed by atoms with Crippen molar-refractivity contribution in [3.8, 4) is 5.75 Å². The Hall–Kier alpha value is -1.06. The molecule has 0 aromatic heterocycles. The van der Waals surface area contributed by atoms with Crippen LogP contribution in [0.15, 0.2) is 24.3 Å². The van der Waals surface area contributed by atoms with Crippen LogP contribution in [-0.2, 0) is 0 Å². The molecular weight excluding hydrogens is 202 g/mol. The molecule has 16 heavy (non-hydrogen) atoms. The van der Waals surface area contributed by atoms with Gasteiger partial charge in [0.05, 0.1) is 13.2 Å². The molecule has 0 bridgehead atoms. The average Bonchev–Trinajstić information content (AvgIpc) is 2.52. The van der Waals surface area contributed by atoms with Gasteiger partial charge >= 0.3 is 0 Å². The SMILES string of the molecule is C[C@H](CO)NC1CCCOc2ccccc21. The summed E-state index contributed by atoms with van der Waals surface area (Å²) in [6, 6.07) is 8.56. The number of benzene rings is 1. The molecule has 0 saturated heterocycles. The van der Waals surface area contributed by atoms with Gasteiger partial charge in [0.15, 0.2) is 0 Å². The molecule has 0 radical (unpaired) electrons. The summed E-state index contributed by atoms with van der Waals surface area (Å²) < 4.78 is 5.69. The van der Waals surface area contributed by atoms with Crippen molar-refractivity contribution in [2.45, 2.75) is 31.8 Å². The minimum Gasteiger partial charge on any atom is -0.493 e. The topological polar surface area (TPSA) is 41.5 Å². The first-order valence-corrected chi connectivity index (χ1v) is 5.90. The van der Waals surface area contributed by atoms with Gasteiger partial charge < -0.3 is 15.2 Å². The molecule has 0 aliphatic carbocycles. The number of hydrogen-bond donors (Lipinski definition) is 2. The van der Waals surface area contributed by atoms with Gasteiger partial charge in [-0.15, -0.1) is 0 Å².